The number of hydrogen-bond donors (Lipinski definition) is 0. The predicted molar refractivity (Wildman–Crippen MR) is 79.7 cm³/mol. The van der Waals surface area contributed by atoms with Crippen LogP contribution in [-0.4, -0.2) is 9.49 Å². The van der Waals surface area contributed by atoms with Crippen LogP contribution in [-0.2, 0) is 7.05 Å². The Morgan fingerprint density at radius 3 is 2.60 bits per heavy atom. The highest BCUT2D eigenvalue weighted by Crippen LogP contribution is 2.33. The standard InChI is InChI=1S/C16H14N2O2/c1-11-5-3-4-6-13(11)12-9-15-14(7-8-17(15)2)16(10-12)18(19)20/h3-10H,1-2H3. The molecule has 0 spiro atoms. The van der Waals surface area contributed by atoms with Crippen LogP contribution in [0.1, 0.15) is 5.56 Å². The SMILES string of the molecule is Cc1ccccc1-c1cc([N+](=O)[O-])c2ccn(C)c2c1. The molecule has 0 radical (unpaired) electrons. The van der Waals surface area contributed by atoms with Crippen molar-refractivity contribution in [2.45, 2.75) is 6.92 Å². The molecule has 2 aromatic carbocycles. The Morgan fingerprint density at radius 2 is 1.90 bits per heavy atom. The van der Waals surface area contributed by atoms with E-state index in [4.69, 9.17) is 0 Å². The molecule has 0 fully saturated rings. The third-order valence-corrected chi connectivity index (χ3v) is 3.63. The van der Waals surface area contributed by atoms with E-state index in [1.807, 2.05) is 55.1 Å². The van der Waals surface area contributed by atoms with Crippen LogP contribution in [0, 0.1) is 17.0 Å². The molecule has 0 saturated carbocycles. The highest BCUT2D eigenvalue weighted by molar-refractivity contribution is 5.93. The first-order chi connectivity index (χ1) is 9.58. The molecule has 4 heteroatoms. The third kappa shape index (κ3) is 1.86. The number of nitro groups is 1. The first kappa shape index (κ1) is 12.4. The molecule has 3 rings (SSSR count). The molecule has 4 nitrogen and oxygen atoms in total. The topological polar surface area (TPSA) is 48.1 Å². The number of benzene rings is 2. The number of aromatic nitrogens is 1. The summed E-state index contributed by atoms with van der Waals surface area (Å²) in [6.45, 7) is 2.01. The molecule has 3 aromatic rings. The maximum atomic E-state index is 11.3. The van der Waals surface area contributed by atoms with E-state index >= 15 is 0 Å². The van der Waals surface area contributed by atoms with Gasteiger partial charge in [-0.25, -0.2) is 0 Å². The van der Waals surface area contributed by atoms with Gasteiger partial charge in [0.1, 0.15) is 0 Å². The molecule has 0 bridgehead atoms. The van der Waals surface area contributed by atoms with Crippen molar-refractivity contribution in [2.75, 3.05) is 0 Å². The lowest BCUT2D eigenvalue weighted by atomic mass is 9.99. The van der Waals surface area contributed by atoms with Crippen LogP contribution in [0.2, 0.25) is 0 Å². The minimum atomic E-state index is -0.315. The van der Waals surface area contributed by atoms with Crippen molar-refractivity contribution in [3.8, 4) is 11.1 Å². The summed E-state index contributed by atoms with van der Waals surface area (Å²) in [5.74, 6) is 0. The lowest BCUT2D eigenvalue weighted by Crippen LogP contribution is -1.93. The van der Waals surface area contributed by atoms with Crippen molar-refractivity contribution in [1.29, 1.82) is 0 Å². The fourth-order valence-electron chi connectivity index (χ4n) is 2.56. The average molecular weight is 266 g/mol. The van der Waals surface area contributed by atoms with Crippen molar-refractivity contribution in [3.05, 3.63) is 64.3 Å². The van der Waals surface area contributed by atoms with Crippen LogP contribution < -0.4 is 0 Å². The third-order valence-electron chi connectivity index (χ3n) is 3.63. The molecule has 1 aromatic heterocycles. The van der Waals surface area contributed by atoms with Crippen LogP contribution in [0.25, 0.3) is 22.0 Å². The van der Waals surface area contributed by atoms with E-state index in [0.29, 0.717) is 5.39 Å². The van der Waals surface area contributed by atoms with Gasteiger partial charge in [-0.2, -0.15) is 0 Å². The number of rotatable bonds is 2. The molecule has 100 valence electrons. The van der Waals surface area contributed by atoms with Crippen molar-refractivity contribution in [2.24, 2.45) is 7.05 Å². The van der Waals surface area contributed by atoms with Gasteiger partial charge in [0.2, 0.25) is 0 Å². The van der Waals surface area contributed by atoms with Gasteiger partial charge in [0.15, 0.2) is 0 Å². The summed E-state index contributed by atoms with van der Waals surface area (Å²) < 4.78 is 1.91. The molecule has 0 aliphatic rings. The Labute approximate surface area is 116 Å². The molecule has 0 aliphatic carbocycles. The quantitative estimate of drug-likeness (QED) is 0.518. The van der Waals surface area contributed by atoms with Crippen LogP contribution in [0.3, 0.4) is 0 Å². The lowest BCUT2D eigenvalue weighted by Gasteiger charge is -2.07. The maximum absolute atomic E-state index is 11.3. The number of fused-ring (bicyclic) bond motifs is 1. The summed E-state index contributed by atoms with van der Waals surface area (Å²) in [5, 5.41) is 12.0. The number of aryl methyl sites for hydroxylation is 2. The van der Waals surface area contributed by atoms with E-state index in [0.717, 1.165) is 22.2 Å². The van der Waals surface area contributed by atoms with Crippen molar-refractivity contribution in [1.82, 2.24) is 4.57 Å². The molecule has 20 heavy (non-hydrogen) atoms. The summed E-state index contributed by atoms with van der Waals surface area (Å²) in [5.41, 5.74) is 4.04. The second-order valence-corrected chi connectivity index (χ2v) is 4.93. The summed E-state index contributed by atoms with van der Waals surface area (Å²) in [7, 11) is 1.90. The first-order valence-corrected chi connectivity index (χ1v) is 6.37. The van der Waals surface area contributed by atoms with Gasteiger partial charge >= 0.3 is 0 Å². The van der Waals surface area contributed by atoms with E-state index < -0.39 is 0 Å². The predicted octanol–water partition coefficient (Wildman–Crippen LogP) is 4.06. The molecular formula is C16H14N2O2. The Bertz CT molecular complexity index is 818. The Hall–Kier alpha value is -2.62. The molecule has 0 saturated heterocycles. The molecule has 0 amide bonds. The van der Waals surface area contributed by atoms with Gasteiger partial charge in [0.25, 0.3) is 5.69 Å². The zero-order chi connectivity index (χ0) is 14.3. The van der Waals surface area contributed by atoms with Gasteiger partial charge in [0.05, 0.1) is 15.8 Å². The highest BCUT2D eigenvalue weighted by atomic mass is 16.6. The van der Waals surface area contributed by atoms with Gasteiger partial charge in [-0.3, -0.25) is 10.1 Å². The maximum Gasteiger partial charge on any atom is 0.279 e. The van der Waals surface area contributed by atoms with E-state index in [1.165, 1.54) is 0 Å². The monoisotopic (exact) mass is 266 g/mol. The van der Waals surface area contributed by atoms with Crippen molar-refractivity contribution < 1.29 is 4.92 Å². The van der Waals surface area contributed by atoms with Crippen LogP contribution in [0.15, 0.2) is 48.7 Å². The molecule has 0 N–H and O–H groups in total. The second kappa shape index (κ2) is 4.49. The summed E-state index contributed by atoms with van der Waals surface area (Å²) >= 11 is 0. The van der Waals surface area contributed by atoms with Crippen LogP contribution in [0.5, 0.6) is 0 Å². The largest absolute Gasteiger partial charge is 0.350 e. The number of non-ortho nitro benzene ring substituents is 1. The highest BCUT2D eigenvalue weighted by Gasteiger charge is 2.16. The van der Waals surface area contributed by atoms with Gasteiger partial charge < -0.3 is 4.57 Å². The molecule has 1 heterocycles. The Balaban J connectivity index is 2.35. The molecule has 0 atom stereocenters. The Kier molecular flexibility index (Phi) is 2.79. The first-order valence-electron chi connectivity index (χ1n) is 6.37. The zero-order valence-electron chi connectivity index (χ0n) is 11.3. The number of nitro benzene ring substituents is 1. The van der Waals surface area contributed by atoms with Crippen LogP contribution in [0.4, 0.5) is 5.69 Å². The fourth-order valence-corrected chi connectivity index (χ4v) is 2.56. The average Bonchev–Trinajstić information content (AvgIpc) is 2.80. The van der Waals surface area contributed by atoms with E-state index in [-0.39, 0.29) is 10.6 Å². The van der Waals surface area contributed by atoms with Crippen molar-refractivity contribution in [3.63, 3.8) is 0 Å². The van der Waals surface area contributed by atoms with E-state index in [9.17, 15) is 10.1 Å². The van der Waals surface area contributed by atoms with Gasteiger partial charge in [-0.1, -0.05) is 24.3 Å². The lowest BCUT2D eigenvalue weighted by molar-refractivity contribution is -0.383. The molecular weight excluding hydrogens is 252 g/mol. The van der Waals surface area contributed by atoms with Gasteiger partial charge in [0, 0.05) is 19.3 Å². The number of hydrogen-bond acceptors (Lipinski definition) is 2. The number of nitrogens with zero attached hydrogens (tertiary/aromatic N) is 2. The van der Waals surface area contributed by atoms with Gasteiger partial charge in [-0.05, 0) is 35.7 Å². The van der Waals surface area contributed by atoms with E-state index in [2.05, 4.69) is 0 Å². The summed E-state index contributed by atoms with van der Waals surface area (Å²) in [6.07, 6.45) is 1.85. The van der Waals surface area contributed by atoms with Crippen LogP contribution >= 0.6 is 0 Å². The fraction of sp³-hybridized carbons (Fsp3) is 0.125. The Morgan fingerprint density at radius 1 is 1.15 bits per heavy atom. The summed E-state index contributed by atoms with van der Waals surface area (Å²) in [6, 6.07) is 13.4. The van der Waals surface area contributed by atoms with E-state index in [1.54, 1.807) is 12.1 Å². The minimum Gasteiger partial charge on any atom is -0.350 e. The second-order valence-electron chi connectivity index (χ2n) is 4.93. The molecule has 0 aliphatic heterocycles. The summed E-state index contributed by atoms with van der Waals surface area (Å²) in [4.78, 5) is 11.0. The smallest absolute Gasteiger partial charge is 0.279 e. The van der Waals surface area contributed by atoms with Gasteiger partial charge in [-0.15, -0.1) is 0 Å². The normalized spacial score (nSPS) is 10.9. The molecule has 0 unspecified atom stereocenters. The van der Waals surface area contributed by atoms with Crippen molar-refractivity contribution >= 4 is 16.6 Å². The minimum absolute atomic E-state index is 0.154. The zero-order valence-corrected chi connectivity index (χ0v) is 11.3.